The number of anilines is 1. The number of thiazole rings is 1. The predicted molar refractivity (Wildman–Crippen MR) is 73.9 cm³/mol. The van der Waals surface area contributed by atoms with Crippen molar-refractivity contribution in [2.24, 2.45) is 0 Å². The lowest BCUT2D eigenvalue weighted by molar-refractivity contribution is 0.112. The minimum absolute atomic E-state index is 0.342. The number of likely N-dealkylation sites (tertiary alicyclic amines) is 1. The maximum atomic E-state index is 10.8. The Morgan fingerprint density at radius 1 is 1.33 bits per heavy atom. The molecule has 0 bridgehead atoms. The molecule has 4 nitrogen and oxygen atoms in total. The van der Waals surface area contributed by atoms with Crippen LogP contribution >= 0.6 is 22.9 Å². The third-order valence-corrected chi connectivity index (χ3v) is 5.24. The van der Waals surface area contributed by atoms with E-state index in [0.717, 1.165) is 24.5 Å². The molecular formula is C12H16ClN3OS. The van der Waals surface area contributed by atoms with Crippen molar-refractivity contribution in [2.75, 3.05) is 31.1 Å². The molecule has 0 saturated carbocycles. The summed E-state index contributed by atoms with van der Waals surface area (Å²) in [5.41, 5.74) is 0. The third kappa shape index (κ3) is 2.27. The molecule has 2 fully saturated rings. The minimum Gasteiger partial charge on any atom is -0.346 e. The van der Waals surface area contributed by atoms with Crippen LogP contribution in [-0.2, 0) is 0 Å². The Bertz CT molecular complexity index is 445. The summed E-state index contributed by atoms with van der Waals surface area (Å²) in [6, 6.07) is 0.648. The first-order chi connectivity index (χ1) is 8.78. The van der Waals surface area contributed by atoms with E-state index in [1.807, 2.05) is 0 Å². The van der Waals surface area contributed by atoms with Crippen molar-refractivity contribution in [1.29, 1.82) is 0 Å². The van der Waals surface area contributed by atoms with Gasteiger partial charge in [0.25, 0.3) is 0 Å². The van der Waals surface area contributed by atoms with Gasteiger partial charge in [0, 0.05) is 19.1 Å². The average Bonchev–Trinajstić information content (AvgIpc) is 3.08. The number of halogens is 1. The molecule has 1 aromatic heterocycles. The maximum Gasteiger partial charge on any atom is 0.187 e. The first-order valence-corrected chi connectivity index (χ1v) is 7.58. The minimum atomic E-state index is 0.342. The number of aldehydes is 1. The van der Waals surface area contributed by atoms with Gasteiger partial charge in [-0.2, -0.15) is 0 Å². The van der Waals surface area contributed by atoms with Crippen molar-refractivity contribution >= 4 is 34.4 Å². The maximum absolute atomic E-state index is 10.8. The van der Waals surface area contributed by atoms with Crippen LogP contribution in [0.1, 0.15) is 28.9 Å². The van der Waals surface area contributed by atoms with Gasteiger partial charge in [0.05, 0.1) is 0 Å². The number of hydrogen-bond donors (Lipinski definition) is 0. The number of nitrogens with zero attached hydrogens (tertiary/aromatic N) is 3. The molecule has 0 radical (unpaired) electrons. The Kier molecular flexibility index (Phi) is 3.54. The summed E-state index contributed by atoms with van der Waals surface area (Å²) in [5, 5.41) is 1.23. The molecule has 0 N–H and O–H groups in total. The second-order valence-electron chi connectivity index (χ2n) is 4.90. The Balaban J connectivity index is 1.68. The number of rotatable bonds is 3. The van der Waals surface area contributed by atoms with Crippen LogP contribution in [0.25, 0.3) is 0 Å². The fourth-order valence-corrected chi connectivity index (χ4v) is 3.93. The molecule has 2 saturated heterocycles. The number of aromatic nitrogens is 1. The molecule has 3 rings (SSSR count). The monoisotopic (exact) mass is 285 g/mol. The summed E-state index contributed by atoms with van der Waals surface area (Å²) < 4.78 is 0. The van der Waals surface area contributed by atoms with E-state index < -0.39 is 0 Å². The molecule has 1 unspecified atom stereocenters. The van der Waals surface area contributed by atoms with E-state index in [1.165, 1.54) is 43.7 Å². The van der Waals surface area contributed by atoms with Crippen LogP contribution in [0.15, 0.2) is 0 Å². The molecule has 0 aromatic carbocycles. The van der Waals surface area contributed by atoms with Gasteiger partial charge in [-0.05, 0) is 32.4 Å². The SMILES string of the molecule is O=Cc1sc(N2CCC(N3CCCC3)C2)nc1Cl. The van der Waals surface area contributed by atoms with Gasteiger partial charge in [0.2, 0.25) is 0 Å². The summed E-state index contributed by atoms with van der Waals surface area (Å²) >= 11 is 7.32. The second kappa shape index (κ2) is 5.15. The summed E-state index contributed by atoms with van der Waals surface area (Å²) in [5.74, 6) is 0. The lowest BCUT2D eigenvalue weighted by Crippen LogP contribution is -2.35. The third-order valence-electron chi connectivity index (χ3n) is 3.80. The molecule has 1 atom stereocenters. The molecule has 2 aliphatic rings. The van der Waals surface area contributed by atoms with Crippen molar-refractivity contribution in [1.82, 2.24) is 9.88 Å². The quantitative estimate of drug-likeness (QED) is 0.799. The molecule has 0 amide bonds. The van der Waals surface area contributed by atoms with E-state index in [1.54, 1.807) is 0 Å². The molecule has 0 aliphatic carbocycles. The molecule has 2 aliphatic heterocycles. The van der Waals surface area contributed by atoms with Gasteiger partial charge in [0.1, 0.15) is 4.88 Å². The van der Waals surface area contributed by atoms with Crippen LogP contribution in [0.2, 0.25) is 5.15 Å². The van der Waals surface area contributed by atoms with Crippen LogP contribution in [0.4, 0.5) is 5.13 Å². The van der Waals surface area contributed by atoms with Gasteiger partial charge >= 0.3 is 0 Å². The van der Waals surface area contributed by atoms with Gasteiger partial charge in [-0.15, -0.1) is 0 Å². The zero-order valence-electron chi connectivity index (χ0n) is 10.1. The number of hydrogen-bond acceptors (Lipinski definition) is 5. The smallest absolute Gasteiger partial charge is 0.187 e. The van der Waals surface area contributed by atoms with Crippen molar-refractivity contribution in [3.8, 4) is 0 Å². The predicted octanol–water partition coefficient (Wildman–Crippen LogP) is 2.28. The van der Waals surface area contributed by atoms with Crippen molar-refractivity contribution in [3.05, 3.63) is 10.0 Å². The van der Waals surface area contributed by atoms with Crippen LogP contribution in [0, 0.1) is 0 Å². The topological polar surface area (TPSA) is 36.4 Å². The van der Waals surface area contributed by atoms with E-state index in [0.29, 0.717) is 16.1 Å². The van der Waals surface area contributed by atoms with Crippen molar-refractivity contribution in [3.63, 3.8) is 0 Å². The Morgan fingerprint density at radius 2 is 2.11 bits per heavy atom. The highest BCUT2D eigenvalue weighted by Crippen LogP contribution is 2.31. The Morgan fingerprint density at radius 3 is 2.78 bits per heavy atom. The van der Waals surface area contributed by atoms with Crippen LogP contribution in [-0.4, -0.2) is 48.4 Å². The van der Waals surface area contributed by atoms with Gasteiger partial charge in [-0.25, -0.2) is 4.98 Å². The number of carbonyl (C=O) groups is 1. The van der Waals surface area contributed by atoms with Gasteiger partial charge < -0.3 is 4.90 Å². The molecule has 3 heterocycles. The summed E-state index contributed by atoms with van der Waals surface area (Å²) in [7, 11) is 0. The van der Waals surface area contributed by atoms with E-state index in [9.17, 15) is 4.79 Å². The number of carbonyl (C=O) groups excluding carboxylic acids is 1. The van der Waals surface area contributed by atoms with E-state index >= 15 is 0 Å². The van der Waals surface area contributed by atoms with Crippen molar-refractivity contribution < 1.29 is 4.79 Å². The molecule has 0 spiro atoms. The highest BCUT2D eigenvalue weighted by atomic mass is 35.5. The van der Waals surface area contributed by atoms with Crippen LogP contribution < -0.4 is 4.90 Å². The standard InChI is InChI=1S/C12H16ClN3OS/c13-11-10(8-17)18-12(14-11)16-6-3-9(7-16)15-4-1-2-5-15/h8-9H,1-7H2. The fraction of sp³-hybridized carbons (Fsp3) is 0.667. The summed E-state index contributed by atoms with van der Waals surface area (Å²) in [4.78, 5) is 20.4. The largest absolute Gasteiger partial charge is 0.346 e. The Hall–Kier alpha value is -0.650. The van der Waals surface area contributed by atoms with Gasteiger partial charge in [0.15, 0.2) is 16.6 Å². The molecule has 18 heavy (non-hydrogen) atoms. The molecular weight excluding hydrogens is 270 g/mol. The van der Waals surface area contributed by atoms with Crippen LogP contribution in [0.5, 0.6) is 0 Å². The first-order valence-electron chi connectivity index (χ1n) is 6.38. The lowest BCUT2D eigenvalue weighted by Gasteiger charge is -2.23. The van der Waals surface area contributed by atoms with E-state index in [-0.39, 0.29) is 0 Å². The first kappa shape index (κ1) is 12.4. The highest BCUT2D eigenvalue weighted by Gasteiger charge is 2.30. The fourth-order valence-electron chi connectivity index (χ4n) is 2.83. The highest BCUT2D eigenvalue weighted by molar-refractivity contribution is 7.17. The van der Waals surface area contributed by atoms with Gasteiger partial charge in [-0.3, -0.25) is 9.69 Å². The van der Waals surface area contributed by atoms with Crippen LogP contribution in [0.3, 0.4) is 0 Å². The van der Waals surface area contributed by atoms with Crippen molar-refractivity contribution in [2.45, 2.75) is 25.3 Å². The van der Waals surface area contributed by atoms with E-state index in [4.69, 9.17) is 11.6 Å². The summed E-state index contributed by atoms with van der Waals surface area (Å²) in [6.45, 7) is 4.50. The van der Waals surface area contributed by atoms with E-state index in [2.05, 4.69) is 14.8 Å². The van der Waals surface area contributed by atoms with Gasteiger partial charge in [-0.1, -0.05) is 22.9 Å². The average molecular weight is 286 g/mol. The second-order valence-corrected chi connectivity index (χ2v) is 6.27. The molecule has 1 aromatic rings. The lowest BCUT2D eigenvalue weighted by atomic mass is 10.2. The summed E-state index contributed by atoms with van der Waals surface area (Å²) in [6.07, 6.45) is 4.63. The Labute approximate surface area is 116 Å². The molecule has 6 heteroatoms. The normalized spacial score (nSPS) is 24.9. The zero-order chi connectivity index (χ0) is 12.5. The zero-order valence-corrected chi connectivity index (χ0v) is 11.7. The molecule has 98 valence electrons.